The number of fused-ring (bicyclic) bond motifs is 1. The fourth-order valence-corrected chi connectivity index (χ4v) is 3.90. The molecule has 1 N–H and O–H groups in total. The highest BCUT2D eigenvalue weighted by Crippen LogP contribution is 2.32. The highest BCUT2D eigenvalue weighted by Gasteiger charge is 2.25. The van der Waals surface area contributed by atoms with Crippen molar-refractivity contribution >= 4 is 0 Å². The van der Waals surface area contributed by atoms with E-state index in [0.29, 0.717) is 12.3 Å². The molecule has 2 aliphatic heterocycles. The Morgan fingerprint density at radius 1 is 1.04 bits per heavy atom. The highest BCUT2D eigenvalue weighted by atomic mass is 16.7. The molecule has 0 atom stereocenters. The van der Waals surface area contributed by atoms with Crippen molar-refractivity contribution in [2.45, 2.75) is 25.3 Å². The van der Waals surface area contributed by atoms with Crippen molar-refractivity contribution in [3.63, 3.8) is 0 Å². The maximum absolute atomic E-state index is 13.3. The molecule has 3 heterocycles. The van der Waals surface area contributed by atoms with Crippen LogP contribution in [0.4, 0.5) is 0 Å². The topological polar surface area (TPSA) is 70.3 Å². The van der Waals surface area contributed by atoms with Gasteiger partial charge < -0.3 is 14.8 Å². The van der Waals surface area contributed by atoms with Crippen molar-refractivity contribution in [2.24, 2.45) is 0 Å². The third-order valence-electron chi connectivity index (χ3n) is 5.35. The molecule has 0 unspecified atom stereocenters. The second-order valence-corrected chi connectivity index (χ2v) is 7.18. The maximum Gasteiger partial charge on any atom is 0.350 e. The summed E-state index contributed by atoms with van der Waals surface area (Å²) in [7, 11) is 0. The summed E-state index contributed by atoms with van der Waals surface area (Å²) in [6.07, 6.45) is 1.96. The van der Waals surface area contributed by atoms with Gasteiger partial charge in [0.05, 0.1) is 12.2 Å². The Labute approximate surface area is 162 Å². The molecule has 0 saturated carbocycles. The van der Waals surface area contributed by atoms with E-state index in [1.54, 1.807) is 9.25 Å². The standard InChI is InChI=1S/C21H22N4O3/c26-21-24(13-15-6-7-18-19(12-15)28-14-27-18)23-20(16-8-10-22-11-9-16)25(21)17-4-2-1-3-5-17/h1-7,12,16,22H,8-11,13-14H2. The first-order valence-corrected chi connectivity index (χ1v) is 9.64. The third-order valence-corrected chi connectivity index (χ3v) is 5.35. The zero-order chi connectivity index (χ0) is 18.9. The maximum atomic E-state index is 13.3. The minimum Gasteiger partial charge on any atom is -0.454 e. The van der Waals surface area contributed by atoms with Crippen LogP contribution < -0.4 is 20.5 Å². The van der Waals surface area contributed by atoms with E-state index < -0.39 is 0 Å². The van der Waals surface area contributed by atoms with Gasteiger partial charge in [0, 0.05) is 5.92 Å². The van der Waals surface area contributed by atoms with E-state index in [0.717, 1.165) is 48.8 Å². The van der Waals surface area contributed by atoms with Gasteiger partial charge in [0.15, 0.2) is 11.5 Å². The van der Waals surface area contributed by atoms with Gasteiger partial charge in [0.1, 0.15) is 5.82 Å². The van der Waals surface area contributed by atoms with Gasteiger partial charge in [-0.25, -0.2) is 14.0 Å². The highest BCUT2D eigenvalue weighted by molar-refractivity contribution is 5.44. The predicted molar refractivity (Wildman–Crippen MR) is 104 cm³/mol. The summed E-state index contributed by atoms with van der Waals surface area (Å²) >= 11 is 0. The molecule has 0 radical (unpaired) electrons. The second kappa shape index (κ2) is 7.16. The predicted octanol–water partition coefficient (Wildman–Crippen LogP) is 2.28. The smallest absolute Gasteiger partial charge is 0.350 e. The molecule has 0 bridgehead atoms. The summed E-state index contributed by atoms with van der Waals surface area (Å²) in [6, 6.07) is 15.5. The minimum absolute atomic E-state index is 0.114. The first-order chi connectivity index (χ1) is 13.8. The van der Waals surface area contributed by atoms with Crippen molar-refractivity contribution in [1.29, 1.82) is 0 Å². The Bertz CT molecular complexity index is 1040. The summed E-state index contributed by atoms with van der Waals surface area (Å²) in [6.45, 7) is 2.53. The van der Waals surface area contributed by atoms with Crippen molar-refractivity contribution in [2.75, 3.05) is 19.9 Å². The first kappa shape index (κ1) is 17.1. The number of nitrogens with zero attached hydrogens (tertiary/aromatic N) is 3. The zero-order valence-electron chi connectivity index (χ0n) is 15.5. The van der Waals surface area contributed by atoms with E-state index in [1.165, 1.54) is 0 Å². The largest absolute Gasteiger partial charge is 0.454 e. The third kappa shape index (κ3) is 3.07. The molecule has 7 heteroatoms. The van der Waals surface area contributed by atoms with Crippen LogP contribution in [-0.2, 0) is 6.54 Å². The van der Waals surface area contributed by atoms with Gasteiger partial charge in [-0.15, -0.1) is 0 Å². The Hall–Kier alpha value is -3.06. The summed E-state index contributed by atoms with van der Waals surface area (Å²) < 4.78 is 14.2. The average molecular weight is 378 g/mol. The lowest BCUT2D eigenvalue weighted by atomic mass is 9.97. The SMILES string of the molecule is O=c1n(Cc2ccc3c(c2)OCO3)nc(C2CCNCC2)n1-c1ccccc1. The molecule has 5 rings (SSSR count). The van der Waals surface area contributed by atoms with Crippen molar-refractivity contribution in [3.05, 3.63) is 70.4 Å². The van der Waals surface area contributed by atoms with Crippen LogP contribution in [0.25, 0.3) is 5.69 Å². The molecule has 0 spiro atoms. The van der Waals surface area contributed by atoms with Crippen LogP contribution in [0.15, 0.2) is 53.3 Å². The van der Waals surface area contributed by atoms with E-state index in [-0.39, 0.29) is 18.4 Å². The molecule has 0 aliphatic carbocycles. The van der Waals surface area contributed by atoms with Gasteiger partial charge in [-0.05, 0) is 55.8 Å². The van der Waals surface area contributed by atoms with Gasteiger partial charge >= 0.3 is 5.69 Å². The van der Waals surface area contributed by atoms with E-state index in [4.69, 9.17) is 14.6 Å². The van der Waals surface area contributed by atoms with Crippen LogP contribution in [-0.4, -0.2) is 34.2 Å². The number of ether oxygens (including phenoxy) is 2. The number of para-hydroxylation sites is 1. The number of aromatic nitrogens is 3. The van der Waals surface area contributed by atoms with Crippen LogP contribution in [0.3, 0.4) is 0 Å². The minimum atomic E-state index is -0.114. The second-order valence-electron chi connectivity index (χ2n) is 7.18. The van der Waals surface area contributed by atoms with E-state index in [9.17, 15) is 4.79 Å². The summed E-state index contributed by atoms with van der Waals surface area (Å²) in [5.74, 6) is 2.57. The van der Waals surface area contributed by atoms with Crippen molar-refractivity contribution < 1.29 is 9.47 Å². The number of piperidine rings is 1. The van der Waals surface area contributed by atoms with Crippen LogP contribution in [0, 0.1) is 0 Å². The van der Waals surface area contributed by atoms with E-state index in [1.807, 2.05) is 48.5 Å². The molecule has 1 saturated heterocycles. The van der Waals surface area contributed by atoms with Gasteiger partial charge in [-0.2, -0.15) is 5.10 Å². The first-order valence-electron chi connectivity index (χ1n) is 9.64. The Balaban J connectivity index is 1.55. The van der Waals surface area contributed by atoms with E-state index in [2.05, 4.69) is 5.32 Å². The Morgan fingerprint density at radius 3 is 2.64 bits per heavy atom. The number of rotatable bonds is 4. The van der Waals surface area contributed by atoms with Gasteiger partial charge in [-0.3, -0.25) is 0 Å². The van der Waals surface area contributed by atoms with Crippen molar-refractivity contribution in [1.82, 2.24) is 19.7 Å². The zero-order valence-corrected chi connectivity index (χ0v) is 15.5. The Morgan fingerprint density at radius 2 is 1.82 bits per heavy atom. The number of hydrogen-bond acceptors (Lipinski definition) is 5. The summed E-state index contributed by atoms with van der Waals surface area (Å²) in [5.41, 5.74) is 1.70. The lowest BCUT2D eigenvalue weighted by Gasteiger charge is -2.22. The fourth-order valence-electron chi connectivity index (χ4n) is 3.90. The molecular weight excluding hydrogens is 356 g/mol. The number of nitrogens with one attached hydrogen (secondary N) is 1. The van der Waals surface area contributed by atoms with Crippen LogP contribution in [0.2, 0.25) is 0 Å². The summed E-state index contributed by atoms with van der Waals surface area (Å²) in [5, 5.41) is 8.15. The molecule has 0 amide bonds. The average Bonchev–Trinajstić information content (AvgIpc) is 3.34. The lowest BCUT2D eigenvalue weighted by molar-refractivity contribution is 0.174. The molecular formula is C21H22N4O3. The molecule has 3 aromatic rings. The quantitative estimate of drug-likeness (QED) is 0.754. The fraction of sp³-hybridized carbons (Fsp3) is 0.333. The molecule has 2 aliphatic rings. The normalized spacial score (nSPS) is 16.4. The van der Waals surface area contributed by atoms with Crippen LogP contribution >= 0.6 is 0 Å². The molecule has 2 aromatic carbocycles. The Kier molecular flexibility index (Phi) is 4.37. The van der Waals surface area contributed by atoms with Gasteiger partial charge in [0.25, 0.3) is 0 Å². The monoisotopic (exact) mass is 378 g/mol. The van der Waals surface area contributed by atoms with Crippen LogP contribution in [0.1, 0.15) is 30.1 Å². The number of benzene rings is 2. The molecule has 28 heavy (non-hydrogen) atoms. The lowest BCUT2D eigenvalue weighted by Crippen LogP contribution is -2.29. The molecule has 144 valence electrons. The molecule has 1 aromatic heterocycles. The number of hydrogen-bond donors (Lipinski definition) is 1. The molecule has 7 nitrogen and oxygen atoms in total. The van der Waals surface area contributed by atoms with E-state index >= 15 is 0 Å². The molecule has 1 fully saturated rings. The van der Waals surface area contributed by atoms with Crippen LogP contribution in [0.5, 0.6) is 11.5 Å². The summed E-state index contributed by atoms with van der Waals surface area (Å²) in [4.78, 5) is 13.3. The van der Waals surface area contributed by atoms with Gasteiger partial charge in [-0.1, -0.05) is 24.3 Å². The van der Waals surface area contributed by atoms with Gasteiger partial charge in [0.2, 0.25) is 6.79 Å². The van der Waals surface area contributed by atoms with Crippen molar-refractivity contribution in [3.8, 4) is 17.2 Å².